The molecule has 0 aliphatic carbocycles. The van der Waals surface area contributed by atoms with E-state index in [4.69, 9.17) is 0 Å². The number of rotatable bonds is 7. The number of nitrogens with zero attached hydrogens (tertiary/aromatic N) is 6. The van der Waals surface area contributed by atoms with Crippen LogP contribution in [0.1, 0.15) is 17.3 Å². The molecule has 2 heterocycles. The smallest absolute Gasteiger partial charge is 0.192 e. The summed E-state index contributed by atoms with van der Waals surface area (Å²) in [7, 11) is 5.90. The van der Waals surface area contributed by atoms with Crippen molar-refractivity contribution in [3.05, 3.63) is 35.4 Å². The van der Waals surface area contributed by atoms with Crippen molar-refractivity contribution < 1.29 is 0 Å². The van der Waals surface area contributed by atoms with Crippen molar-refractivity contribution in [2.75, 3.05) is 25.5 Å². The summed E-state index contributed by atoms with van der Waals surface area (Å²) in [4.78, 5) is 11.1. The number of hydrogen-bond donors (Lipinski definition) is 2. The molecule has 25 heavy (non-hydrogen) atoms. The summed E-state index contributed by atoms with van der Waals surface area (Å²) >= 11 is 1.61. The third-order valence-corrected chi connectivity index (χ3v) is 4.39. The Morgan fingerprint density at radius 3 is 2.72 bits per heavy atom. The lowest BCUT2D eigenvalue weighted by Gasteiger charge is -2.11. The molecule has 0 saturated carbocycles. The molecule has 2 N–H and O–H groups in total. The van der Waals surface area contributed by atoms with E-state index >= 15 is 0 Å². The molecule has 0 bridgehead atoms. The van der Waals surface area contributed by atoms with Crippen LogP contribution >= 0.6 is 35.3 Å². The monoisotopic (exact) mass is 476 g/mol. The predicted molar refractivity (Wildman–Crippen MR) is 114 cm³/mol. The Labute approximate surface area is 169 Å². The summed E-state index contributed by atoms with van der Waals surface area (Å²) in [6.45, 7) is 7.32. The van der Waals surface area contributed by atoms with Gasteiger partial charge in [0.15, 0.2) is 16.9 Å². The van der Waals surface area contributed by atoms with E-state index in [0.29, 0.717) is 25.6 Å². The number of aryl methyl sites for hydroxylation is 1. The molecule has 10 heteroatoms. The first-order valence-corrected chi connectivity index (χ1v) is 8.49. The summed E-state index contributed by atoms with van der Waals surface area (Å²) in [6, 6.07) is 0. The zero-order valence-electron chi connectivity index (χ0n) is 15.0. The molecule has 0 fully saturated rings. The lowest BCUT2D eigenvalue weighted by atomic mass is 10.5. The first-order chi connectivity index (χ1) is 11.5. The lowest BCUT2D eigenvalue weighted by molar-refractivity contribution is 0.721. The van der Waals surface area contributed by atoms with Crippen LogP contribution in [0.5, 0.6) is 0 Å². The normalized spacial score (nSPS) is 11.0. The minimum Gasteiger partial charge on any atom is -0.354 e. The van der Waals surface area contributed by atoms with Gasteiger partial charge in [0, 0.05) is 33.1 Å². The van der Waals surface area contributed by atoms with Gasteiger partial charge < -0.3 is 20.1 Å². The third-order valence-electron chi connectivity index (χ3n) is 3.33. The van der Waals surface area contributed by atoms with Gasteiger partial charge in [0.25, 0.3) is 0 Å². The third kappa shape index (κ3) is 6.27. The number of nitrogens with one attached hydrogen (secondary N) is 2. The van der Waals surface area contributed by atoms with E-state index < -0.39 is 0 Å². The second-order valence-corrected chi connectivity index (χ2v) is 6.26. The summed E-state index contributed by atoms with van der Waals surface area (Å²) in [5.41, 5.74) is 0.943. The lowest BCUT2D eigenvalue weighted by Crippen LogP contribution is -2.37. The molecule has 0 aliphatic rings. The largest absolute Gasteiger partial charge is 0.354 e. The summed E-state index contributed by atoms with van der Waals surface area (Å²) in [6.07, 6.45) is 1.79. The number of guanidine groups is 1. The molecule has 2 aromatic rings. The molecule has 0 aromatic carbocycles. The van der Waals surface area contributed by atoms with Crippen molar-refractivity contribution in [2.45, 2.75) is 20.0 Å². The number of thiazole rings is 1. The minimum atomic E-state index is 0. The van der Waals surface area contributed by atoms with E-state index in [-0.39, 0.29) is 24.0 Å². The molecule has 2 rings (SSSR count). The Hall–Kier alpha value is -1.69. The summed E-state index contributed by atoms with van der Waals surface area (Å²) in [5.74, 6) is 2.42. The van der Waals surface area contributed by atoms with E-state index in [9.17, 15) is 0 Å². The van der Waals surface area contributed by atoms with Crippen molar-refractivity contribution in [1.82, 2.24) is 30.4 Å². The molecule has 0 unspecified atom stereocenters. The first kappa shape index (κ1) is 21.4. The highest BCUT2D eigenvalue weighted by Crippen LogP contribution is 2.18. The van der Waals surface area contributed by atoms with Gasteiger partial charge in [0.1, 0.15) is 5.82 Å². The quantitative estimate of drug-likeness (QED) is 0.274. The Morgan fingerprint density at radius 1 is 1.40 bits per heavy atom. The van der Waals surface area contributed by atoms with Crippen LogP contribution in [0, 0.1) is 6.92 Å². The minimum absolute atomic E-state index is 0. The van der Waals surface area contributed by atoms with Crippen LogP contribution < -0.4 is 15.5 Å². The van der Waals surface area contributed by atoms with Gasteiger partial charge in [-0.25, -0.2) is 9.98 Å². The fraction of sp³-hybridized carbons (Fsp3) is 0.467. The zero-order valence-corrected chi connectivity index (χ0v) is 18.1. The molecule has 0 amide bonds. The second kappa shape index (κ2) is 10.3. The number of anilines is 1. The van der Waals surface area contributed by atoms with Crippen LogP contribution in [-0.2, 0) is 20.1 Å². The van der Waals surface area contributed by atoms with Crippen molar-refractivity contribution in [3.63, 3.8) is 0 Å². The van der Waals surface area contributed by atoms with E-state index in [1.807, 2.05) is 42.9 Å². The molecule has 0 aliphatic heterocycles. The molecular formula is C15H25IN8S. The first-order valence-electron chi connectivity index (χ1n) is 7.61. The van der Waals surface area contributed by atoms with Crippen LogP contribution in [0.2, 0.25) is 0 Å². The number of halogens is 1. The van der Waals surface area contributed by atoms with E-state index in [2.05, 4.69) is 37.4 Å². The fourth-order valence-corrected chi connectivity index (χ4v) is 2.59. The molecule has 8 nitrogen and oxygen atoms in total. The maximum absolute atomic E-state index is 4.57. The van der Waals surface area contributed by atoms with Gasteiger partial charge in [-0.1, -0.05) is 6.08 Å². The highest BCUT2D eigenvalue weighted by atomic mass is 127. The molecule has 2 aromatic heterocycles. The Morgan fingerprint density at radius 2 is 2.16 bits per heavy atom. The van der Waals surface area contributed by atoms with Gasteiger partial charge in [-0.3, -0.25) is 0 Å². The molecule has 0 atom stereocenters. The average molecular weight is 476 g/mol. The molecule has 0 spiro atoms. The van der Waals surface area contributed by atoms with Gasteiger partial charge in [0.05, 0.1) is 18.8 Å². The van der Waals surface area contributed by atoms with Crippen molar-refractivity contribution in [3.8, 4) is 0 Å². The van der Waals surface area contributed by atoms with Crippen molar-refractivity contribution >= 4 is 46.4 Å². The van der Waals surface area contributed by atoms with E-state index in [1.54, 1.807) is 17.4 Å². The van der Waals surface area contributed by atoms with Crippen LogP contribution in [0.15, 0.2) is 23.0 Å². The maximum Gasteiger partial charge on any atom is 0.192 e. The van der Waals surface area contributed by atoms with Gasteiger partial charge in [-0.05, 0) is 6.92 Å². The standard InChI is InChI=1S/C15H24N8S.HI/c1-6-7-16-14(18-9-13-21-20-11(2)23(13)5)17-8-12-10-24-15(19-12)22(3)4;/h6,10H,1,7-9H2,2-5H3,(H2,16,17,18);1H. The Bertz CT molecular complexity index is 706. The van der Waals surface area contributed by atoms with Crippen molar-refractivity contribution in [2.24, 2.45) is 12.0 Å². The van der Waals surface area contributed by atoms with Crippen LogP contribution in [0.25, 0.3) is 0 Å². The number of aromatic nitrogens is 4. The van der Waals surface area contributed by atoms with E-state index in [1.165, 1.54) is 0 Å². The summed E-state index contributed by atoms with van der Waals surface area (Å²) < 4.78 is 1.95. The van der Waals surface area contributed by atoms with Gasteiger partial charge in [-0.2, -0.15) is 0 Å². The van der Waals surface area contributed by atoms with Gasteiger partial charge in [0.2, 0.25) is 0 Å². The number of hydrogen-bond acceptors (Lipinski definition) is 6. The average Bonchev–Trinajstić information content (AvgIpc) is 3.16. The molecule has 138 valence electrons. The highest BCUT2D eigenvalue weighted by Gasteiger charge is 2.07. The van der Waals surface area contributed by atoms with E-state index in [0.717, 1.165) is 22.5 Å². The predicted octanol–water partition coefficient (Wildman–Crippen LogP) is 1.69. The van der Waals surface area contributed by atoms with Gasteiger partial charge in [-0.15, -0.1) is 52.1 Å². The second-order valence-electron chi connectivity index (χ2n) is 5.43. The molecule has 0 radical (unpaired) electrons. The zero-order chi connectivity index (χ0) is 17.5. The topological polar surface area (TPSA) is 83.3 Å². The number of aliphatic imine (C=N–C) groups is 1. The van der Waals surface area contributed by atoms with Crippen LogP contribution in [0.4, 0.5) is 5.13 Å². The molecule has 0 saturated heterocycles. The maximum atomic E-state index is 4.57. The Kier molecular flexibility index (Phi) is 8.83. The van der Waals surface area contributed by atoms with Crippen LogP contribution in [-0.4, -0.2) is 46.3 Å². The fourth-order valence-electron chi connectivity index (χ4n) is 1.85. The summed E-state index contributed by atoms with van der Waals surface area (Å²) in [5, 5.41) is 17.6. The SMILES string of the molecule is C=CCNC(=NCc1csc(N(C)C)n1)NCc1nnc(C)n1C.I. The van der Waals surface area contributed by atoms with Gasteiger partial charge >= 0.3 is 0 Å². The highest BCUT2D eigenvalue weighted by molar-refractivity contribution is 14.0. The van der Waals surface area contributed by atoms with Crippen molar-refractivity contribution in [1.29, 1.82) is 0 Å². The van der Waals surface area contributed by atoms with Crippen LogP contribution in [0.3, 0.4) is 0 Å². The molecular weight excluding hydrogens is 451 g/mol. The Balaban J connectivity index is 0.00000312.